The maximum Gasteiger partial charge on any atom is 0.247 e. The van der Waals surface area contributed by atoms with Crippen molar-refractivity contribution < 1.29 is 13.2 Å². The van der Waals surface area contributed by atoms with Gasteiger partial charge in [-0.3, -0.25) is 0 Å². The van der Waals surface area contributed by atoms with E-state index in [2.05, 4.69) is 4.90 Å². The fourth-order valence-electron chi connectivity index (χ4n) is 4.62. The van der Waals surface area contributed by atoms with Crippen molar-refractivity contribution in [2.75, 3.05) is 19.6 Å². The van der Waals surface area contributed by atoms with E-state index in [1.54, 1.807) is 22.5 Å². The number of benzene rings is 2. The van der Waals surface area contributed by atoms with Crippen molar-refractivity contribution in [3.8, 4) is 5.75 Å². The molecule has 6 heteroatoms. The zero-order valence-corrected chi connectivity index (χ0v) is 17.4. The van der Waals surface area contributed by atoms with Crippen LogP contribution in [0.15, 0.2) is 59.5 Å². The first-order valence-corrected chi connectivity index (χ1v) is 12.1. The molecule has 1 saturated heterocycles. The number of ether oxygens (including phenoxy) is 1. The van der Waals surface area contributed by atoms with Crippen molar-refractivity contribution >= 4 is 10.0 Å². The second kappa shape index (κ2) is 7.74. The van der Waals surface area contributed by atoms with Crippen LogP contribution >= 0.6 is 0 Å². The van der Waals surface area contributed by atoms with Gasteiger partial charge in [-0.25, -0.2) is 8.42 Å². The van der Waals surface area contributed by atoms with Crippen molar-refractivity contribution in [2.24, 2.45) is 5.92 Å². The minimum Gasteiger partial charge on any atom is -0.487 e. The molecule has 29 heavy (non-hydrogen) atoms. The highest BCUT2D eigenvalue weighted by Gasteiger charge is 2.43. The summed E-state index contributed by atoms with van der Waals surface area (Å²) in [5.41, 5.74) is 1.01. The molecule has 2 aliphatic heterocycles. The highest BCUT2D eigenvalue weighted by Crippen LogP contribution is 2.38. The Morgan fingerprint density at radius 1 is 0.897 bits per heavy atom. The van der Waals surface area contributed by atoms with Crippen LogP contribution in [0.1, 0.15) is 31.2 Å². The molecule has 0 unspecified atom stereocenters. The zero-order chi connectivity index (χ0) is 19.8. The molecule has 154 valence electrons. The largest absolute Gasteiger partial charge is 0.487 e. The van der Waals surface area contributed by atoms with Gasteiger partial charge in [0.2, 0.25) is 10.0 Å². The van der Waals surface area contributed by atoms with Gasteiger partial charge in [0, 0.05) is 19.6 Å². The summed E-state index contributed by atoms with van der Waals surface area (Å²) >= 11 is 0. The van der Waals surface area contributed by atoms with E-state index in [0.29, 0.717) is 17.2 Å². The van der Waals surface area contributed by atoms with Crippen molar-refractivity contribution in [1.82, 2.24) is 9.21 Å². The van der Waals surface area contributed by atoms with Crippen molar-refractivity contribution in [2.45, 2.75) is 49.3 Å². The first kappa shape index (κ1) is 19.1. The number of hydrogen-bond acceptors (Lipinski definition) is 4. The summed E-state index contributed by atoms with van der Waals surface area (Å²) in [4.78, 5) is 2.80. The number of sulfonamides is 1. The fraction of sp³-hybridized carbons (Fsp3) is 0.478. The number of likely N-dealkylation sites (tertiary alicyclic amines) is 1. The van der Waals surface area contributed by atoms with Gasteiger partial charge < -0.3 is 9.64 Å². The molecule has 2 fully saturated rings. The zero-order valence-electron chi connectivity index (χ0n) is 16.6. The van der Waals surface area contributed by atoms with Crippen LogP contribution in [0.4, 0.5) is 0 Å². The Labute approximate surface area is 173 Å². The smallest absolute Gasteiger partial charge is 0.247 e. The molecule has 1 saturated carbocycles. The lowest BCUT2D eigenvalue weighted by Crippen LogP contribution is -2.46. The molecule has 2 atom stereocenters. The Kier molecular flexibility index (Phi) is 5.10. The summed E-state index contributed by atoms with van der Waals surface area (Å²) in [5.74, 6) is 1.33. The van der Waals surface area contributed by atoms with Gasteiger partial charge in [-0.05, 0) is 55.8 Å². The Hall–Kier alpha value is -1.89. The molecule has 3 aliphatic rings. The minimum absolute atomic E-state index is 0.124. The van der Waals surface area contributed by atoms with Crippen LogP contribution in [0.2, 0.25) is 0 Å². The molecule has 0 amide bonds. The van der Waals surface area contributed by atoms with Gasteiger partial charge in [-0.2, -0.15) is 4.31 Å². The summed E-state index contributed by atoms with van der Waals surface area (Å²) in [6.07, 6.45) is 4.20. The quantitative estimate of drug-likeness (QED) is 0.771. The summed E-state index contributed by atoms with van der Waals surface area (Å²) in [6.45, 7) is 3.42. The second-order valence-corrected chi connectivity index (χ2v) is 10.4. The van der Waals surface area contributed by atoms with E-state index in [9.17, 15) is 8.42 Å². The summed E-state index contributed by atoms with van der Waals surface area (Å²) < 4.78 is 35.5. The second-order valence-electron chi connectivity index (χ2n) is 8.53. The molecule has 0 radical (unpaired) electrons. The van der Waals surface area contributed by atoms with Crippen LogP contribution in [0.5, 0.6) is 5.75 Å². The predicted molar refractivity (Wildman–Crippen MR) is 112 cm³/mol. The Morgan fingerprint density at radius 2 is 1.62 bits per heavy atom. The van der Waals surface area contributed by atoms with E-state index in [0.717, 1.165) is 44.0 Å². The normalized spacial score (nSPS) is 27.2. The van der Waals surface area contributed by atoms with Crippen LogP contribution in [0.3, 0.4) is 0 Å². The molecular formula is C23H28N2O3S. The average molecular weight is 413 g/mol. The van der Waals surface area contributed by atoms with Gasteiger partial charge in [-0.1, -0.05) is 42.5 Å². The van der Waals surface area contributed by atoms with E-state index in [1.807, 2.05) is 36.4 Å². The molecule has 0 aromatic heterocycles. The number of para-hydroxylation sites is 1. The van der Waals surface area contributed by atoms with Gasteiger partial charge >= 0.3 is 0 Å². The Morgan fingerprint density at radius 3 is 2.41 bits per heavy atom. The number of nitrogens with zero attached hydrogens (tertiary/aromatic N) is 2. The molecule has 2 aromatic rings. The number of hydrogen-bond donors (Lipinski definition) is 0. The number of fused-ring (bicyclic) bond motifs is 2. The van der Waals surface area contributed by atoms with Gasteiger partial charge in [0.25, 0.3) is 0 Å². The summed E-state index contributed by atoms with van der Waals surface area (Å²) in [5, 5.41) is 0. The summed E-state index contributed by atoms with van der Waals surface area (Å²) in [6, 6.07) is 16.8. The van der Waals surface area contributed by atoms with Crippen molar-refractivity contribution in [3.63, 3.8) is 0 Å². The molecule has 1 aliphatic carbocycles. The van der Waals surface area contributed by atoms with E-state index in [1.165, 1.54) is 12.8 Å². The average Bonchev–Trinajstić information content (AvgIpc) is 3.56. The van der Waals surface area contributed by atoms with E-state index in [-0.39, 0.29) is 12.1 Å². The number of rotatable bonds is 4. The fourth-order valence-corrected chi connectivity index (χ4v) is 6.41. The third-order valence-electron chi connectivity index (χ3n) is 6.38. The molecule has 2 heterocycles. The van der Waals surface area contributed by atoms with E-state index < -0.39 is 10.0 Å². The third-order valence-corrected chi connectivity index (χ3v) is 8.29. The van der Waals surface area contributed by atoms with Gasteiger partial charge in [-0.15, -0.1) is 0 Å². The maximum atomic E-state index is 13.7. The molecular weight excluding hydrogens is 384 g/mol. The molecule has 5 nitrogen and oxygen atoms in total. The highest BCUT2D eigenvalue weighted by atomic mass is 32.2. The third kappa shape index (κ3) is 3.93. The SMILES string of the molecule is O=S1(=O)c2ccccc2O[C@@H]2CCN(CC3CC3)CC[C@H]2N1Cc1ccccc1. The highest BCUT2D eigenvalue weighted by molar-refractivity contribution is 7.89. The van der Waals surface area contributed by atoms with Crippen molar-refractivity contribution in [3.05, 3.63) is 60.2 Å². The standard InChI is InChI=1S/C23H28N2O3S/c26-29(27)23-9-5-4-8-22(23)28-21-13-15-24(16-19-10-11-19)14-12-20(21)25(29)17-18-6-2-1-3-7-18/h1-9,19-21H,10-17H2/t20-,21-/m1/s1. The Bertz CT molecular complexity index is 959. The van der Waals surface area contributed by atoms with Crippen LogP contribution in [0.25, 0.3) is 0 Å². The molecule has 0 bridgehead atoms. The van der Waals surface area contributed by atoms with Crippen LogP contribution in [-0.4, -0.2) is 49.4 Å². The molecule has 0 spiro atoms. The maximum absolute atomic E-state index is 13.7. The van der Waals surface area contributed by atoms with Crippen molar-refractivity contribution in [1.29, 1.82) is 0 Å². The van der Waals surface area contributed by atoms with Crippen LogP contribution in [-0.2, 0) is 16.6 Å². The van der Waals surface area contributed by atoms with Gasteiger partial charge in [0.15, 0.2) is 0 Å². The first-order chi connectivity index (χ1) is 14.1. The van der Waals surface area contributed by atoms with E-state index >= 15 is 0 Å². The summed E-state index contributed by atoms with van der Waals surface area (Å²) in [7, 11) is -3.64. The van der Waals surface area contributed by atoms with Gasteiger partial charge in [0.05, 0.1) is 6.04 Å². The van der Waals surface area contributed by atoms with Crippen LogP contribution in [0, 0.1) is 5.92 Å². The monoisotopic (exact) mass is 412 g/mol. The topological polar surface area (TPSA) is 49.9 Å². The van der Waals surface area contributed by atoms with Gasteiger partial charge in [0.1, 0.15) is 16.7 Å². The van der Waals surface area contributed by atoms with Crippen LogP contribution < -0.4 is 4.74 Å². The first-order valence-electron chi connectivity index (χ1n) is 10.6. The lowest BCUT2D eigenvalue weighted by atomic mass is 10.1. The Balaban J connectivity index is 1.51. The lowest BCUT2D eigenvalue weighted by molar-refractivity contribution is 0.110. The van der Waals surface area contributed by atoms with E-state index in [4.69, 9.17) is 4.74 Å². The molecule has 2 aromatic carbocycles. The molecule has 0 N–H and O–H groups in total. The minimum atomic E-state index is -3.64. The predicted octanol–water partition coefficient (Wildman–Crippen LogP) is 3.51. The lowest BCUT2D eigenvalue weighted by Gasteiger charge is -2.32. The molecule has 5 rings (SSSR count).